The van der Waals surface area contributed by atoms with Crippen molar-refractivity contribution in [1.29, 1.82) is 0 Å². The van der Waals surface area contributed by atoms with E-state index in [9.17, 15) is 9.90 Å². The van der Waals surface area contributed by atoms with Crippen LogP contribution < -0.4 is 0 Å². The molecule has 0 bridgehead atoms. The van der Waals surface area contributed by atoms with Gasteiger partial charge in [-0.2, -0.15) is 0 Å². The van der Waals surface area contributed by atoms with Crippen molar-refractivity contribution < 1.29 is 24.1 Å². The number of carbonyl (C=O) groups excluding carboxylic acids is 1. The maximum Gasteiger partial charge on any atom is 0.186 e. The monoisotopic (exact) mass is 450 g/mol. The Labute approximate surface area is 195 Å². The zero-order valence-corrected chi connectivity index (χ0v) is 20.0. The lowest BCUT2D eigenvalue weighted by atomic mass is 9.49. The molecule has 7 rings (SSSR count). The molecule has 176 valence electrons. The molecule has 3 aliphatic carbocycles. The standard InChI is InChI=1S/C28H34O5/c1-15(21-14-25(2)27(4,33-25)24(30)31-21)16-7-9-18-17(12-16)8-10-20-19(18)13-23-28(32-23)11-5-6-22(29)26(20,28)3/h5-7,9,12,15,19-21,23-24,30H,8,10-11,13-14H2,1-4H3/t15-,19?,20?,21?,23-,24-,25+,26+,27-,28-/m1/s1. The molecule has 33 heavy (non-hydrogen) atoms. The Kier molecular flexibility index (Phi) is 3.89. The number of aryl methyl sites for hydroxylation is 1. The van der Waals surface area contributed by atoms with Gasteiger partial charge in [0.15, 0.2) is 12.1 Å². The number of fused-ring (bicyclic) bond motifs is 5. The van der Waals surface area contributed by atoms with Gasteiger partial charge in [-0.25, -0.2) is 0 Å². The van der Waals surface area contributed by atoms with Crippen LogP contribution in [0.2, 0.25) is 0 Å². The Morgan fingerprint density at radius 3 is 2.82 bits per heavy atom. The summed E-state index contributed by atoms with van der Waals surface area (Å²) in [5.74, 6) is 1.15. The van der Waals surface area contributed by atoms with E-state index in [4.69, 9.17) is 14.2 Å². The summed E-state index contributed by atoms with van der Waals surface area (Å²) in [7, 11) is 0. The fourth-order valence-corrected chi connectivity index (χ4v) is 8.19. The molecule has 4 fully saturated rings. The van der Waals surface area contributed by atoms with Gasteiger partial charge in [-0.1, -0.05) is 31.2 Å². The third kappa shape index (κ3) is 2.40. The predicted octanol–water partition coefficient (Wildman–Crippen LogP) is 4.17. The first-order valence-electron chi connectivity index (χ1n) is 12.7. The SMILES string of the molecule is C[C@H](c1ccc2c(c1)CCC1C2C[C@H]2O[C@]23CC=CC(=O)[C@]13C)C1C[C@]2(C)O[C@]2(C)[C@H](O)O1. The van der Waals surface area contributed by atoms with E-state index in [0.717, 1.165) is 32.1 Å². The van der Waals surface area contributed by atoms with Gasteiger partial charge in [-0.15, -0.1) is 0 Å². The molecule has 1 aromatic rings. The number of hydrogen-bond acceptors (Lipinski definition) is 5. The Morgan fingerprint density at radius 1 is 1.21 bits per heavy atom. The van der Waals surface area contributed by atoms with Crippen molar-refractivity contribution in [3.05, 3.63) is 47.0 Å². The molecule has 1 aromatic carbocycles. The summed E-state index contributed by atoms with van der Waals surface area (Å²) in [6.45, 7) is 8.39. The molecule has 1 spiro atoms. The van der Waals surface area contributed by atoms with Gasteiger partial charge in [-0.05, 0) is 81.1 Å². The van der Waals surface area contributed by atoms with Crippen LogP contribution in [-0.4, -0.2) is 46.2 Å². The van der Waals surface area contributed by atoms with Crippen LogP contribution in [0.4, 0.5) is 0 Å². The molecule has 0 amide bonds. The van der Waals surface area contributed by atoms with Gasteiger partial charge in [0.1, 0.15) is 16.8 Å². The number of benzene rings is 1. The highest BCUT2D eigenvalue weighted by Gasteiger charge is 2.75. The number of aliphatic hydroxyl groups is 1. The normalized spacial score (nSPS) is 52.0. The number of ketones is 1. The average molecular weight is 451 g/mol. The van der Waals surface area contributed by atoms with Crippen molar-refractivity contribution in [2.45, 2.75) is 107 Å². The molecule has 6 aliphatic rings. The number of epoxide rings is 2. The maximum absolute atomic E-state index is 13.2. The topological polar surface area (TPSA) is 71.6 Å². The summed E-state index contributed by atoms with van der Waals surface area (Å²) in [5, 5.41) is 10.5. The van der Waals surface area contributed by atoms with Crippen molar-refractivity contribution in [3.63, 3.8) is 0 Å². The molecule has 5 heteroatoms. The lowest BCUT2D eigenvalue weighted by molar-refractivity contribution is -0.187. The highest BCUT2D eigenvalue weighted by atomic mass is 16.7. The minimum Gasteiger partial charge on any atom is -0.366 e. The van der Waals surface area contributed by atoms with Crippen LogP contribution in [0.15, 0.2) is 30.4 Å². The quantitative estimate of drug-likeness (QED) is 0.685. The lowest BCUT2D eigenvalue weighted by Crippen LogP contribution is -2.56. The van der Waals surface area contributed by atoms with E-state index in [0.29, 0.717) is 11.8 Å². The molecule has 3 saturated heterocycles. The van der Waals surface area contributed by atoms with Gasteiger partial charge in [0, 0.05) is 12.3 Å². The van der Waals surface area contributed by atoms with Crippen LogP contribution >= 0.6 is 0 Å². The Hall–Kier alpha value is -1.53. The Morgan fingerprint density at radius 2 is 2.03 bits per heavy atom. The molecule has 5 nitrogen and oxygen atoms in total. The van der Waals surface area contributed by atoms with E-state index in [2.05, 4.69) is 39.0 Å². The molecule has 3 aliphatic heterocycles. The van der Waals surface area contributed by atoms with Gasteiger partial charge in [0.2, 0.25) is 0 Å². The summed E-state index contributed by atoms with van der Waals surface area (Å²) < 4.78 is 18.2. The predicted molar refractivity (Wildman–Crippen MR) is 122 cm³/mol. The first-order chi connectivity index (χ1) is 15.6. The zero-order chi connectivity index (χ0) is 23.0. The third-order valence-electron chi connectivity index (χ3n) is 10.8. The summed E-state index contributed by atoms with van der Waals surface area (Å²) in [5.41, 5.74) is 2.54. The second kappa shape index (κ2) is 6.17. The highest BCUT2D eigenvalue weighted by molar-refractivity contribution is 5.98. The van der Waals surface area contributed by atoms with Crippen molar-refractivity contribution in [1.82, 2.24) is 0 Å². The number of rotatable bonds is 2. The smallest absolute Gasteiger partial charge is 0.186 e. The van der Waals surface area contributed by atoms with E-state index < -0.39 is 17.3 Å². The fourth-order valence-electron chi connectivity index (χ4n) is 8.19. The van der Waals surface area contributed by atoms with Crippen LogP contribution in [0.1, 0.15) is 81.9 Å². The van der Waals surface area contributed by atoms with Crippen molar-refractivity contribution in [3.8, 4) is 0 Å². The van der Waals surface area contributed by atoms with Gasteiger partial charge >= 0.3 is 0 Å². The fraction of sp³-hybridized carbons (Fsp3) is 0.679. The van der Waals surface area contributed by atoms with Gasteiger partial charge in [-0.3, -0.25) is 4.79 Å². The van der Waals surface area contributed by atoms with Gasteiger partial charge < -0.3 is 19.3 Å². The van der Waals surface area contributed by atoms with Gasteiger partial charge in [0.05, 0.1) is 17.6 Å². The first-order valence-corrected chi connectivity index (χ1v) is 12.7. The highest BCUT2D eigenvalue weighted by Crippen LogP contribution is 2.69. The van der Waals surface area contributed by atoms with Crippen LogP contribution in [-0.2, 0) is 25.4 Å². The van der Waals surface area contributed by atoms with Crippen LogP contribution in [0, 0.1) is 11.3 Å². The minimum absolute atomic E-state index is 0.0734. The summed E-state index contributed by atoms with van der Waals surface area (Å²) >= 11 is 0. The average Bonchev–Trinajstić information content (AvgIpc) is 3.64. The molecule has 3 heterocycles. The second-order valence-corrected chi connectivity index (χ2v) is 12.1. The minimum atomic E-state index is -0.883. The van der Waals surface area contributed by atoms with E-state index in [1.54, 1.807) is 6.08 Å². The zero-order valence-electron chi connectivity index (χ0n) is 20.0. The summed E-state index contributed by atoms with van der Waals surface area (Å²) in [6, 6.07) is 6.90. The number of allylic oxidation sites excluding steroid dienone is 1. The molecule has 3 unspecified atom stereocenters. The van der Waals surface area contributed by atoms with E-state index in [1.807, 2.05) is 13.0 Å². The maximum atomic E-state index is 13.2. The summed E-state index contributed by atoms with van der Waals surface area (Å²) in [6.07, 6.45) is 7.79. The summed E-state index contributed by atoms with van der Waals surface area (Å²) in [4.78, 5) is 13.2. The molecule has 10 atom stereocenters. The number of ether oxygens (including phenoxy) is 3. The molecular weight excluding hydrogens is 416 g/mol. The van der Waals surface area contributed by atoms with Gasteiger partial charge in [0.25, 0.3) is 0 Å². The molecule has 0 aromatic heterocycles. The van der Waals surface area contributed by atoms with E-state index in [1.165, 1.54) is 16.7 Å². The lowest BCUT2D eigenvalue weighted by Gasteiger charge is -2.51. The molecule has 1 saturated carbocycles. The molecule has 1 N–H and O–H groups in total. The van der Waals surface area contributed by atoms with E-state index >= 15 is 0 Å². The number of aliphatic hydroxyl groups excluding tert-OH is 1. The van der Waals surface area contributed by atoms with Crippen LogP contribution in [0.5, 0.6) is 0 Å². The Balaban J connectivity index is 1.18. The van der Waals surface area contributed by atoms with Crippen molar-refractivity contribution in [2.75, 3.05) is 0 Å². The molecule has 0 radical (unpaired) electrons. The largest absolute Gasteiger partial charge is 0.366 e. The third-order valence-corrected chi connectivity index (χ3v) is 10.8. The van der Waals surface area contributed by atoms with Crippen molar-refractivity contribution in [2.24, 2.45) is 11.3 Å². The van der Waals surface area contributed by atoms with E-state index in [-0.39, 0.29) is 35.1 Å². The van der Waals surface area contributed by atoms with Crippen LogP contribution in [0.25, 0.3) is 0 Å². The first kappa shape index (κ1) is 20.8. The van der Waals surface area contributed by atoms with Crippen molar-refractivity contribution >= 4 is 5.78 Å². The second-order valence-electron chi connectivity index (χ2n) is 12.1. The number of carbonyl (C=O) groups is 1. The Bertz CT molecular complexity index is 1100. The van der Waals surface area contributed by atoms with Crippen LogP contribution in [0.3, 0.4) is 0 Å². The molecular formula is C28H34O5. The number of hydrogen-bond donors (Lipinski definition) is 1.